The van der Waals surface area contributed by atoms with E-state index in [1.165, 1.54) is 38.9 Å². The van der Waals surface area contributed by atoms with E-state index in [1.54, 1.807) is 73.3 Å². The molecule has 2 bridgehead atoms. The molecule has 428 valence electrons. The molecule has 2 aromatic heterocycles. The Labute approximate surface area is 484 Å². The molecule has 5 amide bonds. The number of nitriles is 1. The molecule has 0 unspecified atom stereocenters. The number of amidine groups is 1. The van der Waals surface area contributed by atoms with Gasteiger partial charge in [-0.05, 0) is 92.6 Å². The van der Waals surface area contributed by atoms with Gasteiger partial charge in [0.1, 0.15) is 53.6 Å². The maximum atomic E-state index is 15.1. The highest BCUT2D eigenvalue weighted by Crippen LogP contribution is 2.46. The van der Waals surface area contributed by atoms with Crippen molar-refractivity contribution in [3.63, 3.8) is 0 Å². The van der Waals surface area contributed by atoms with E-state index in [-0.39, 0.29) is 119 Å². The summed E-state index contributed by atoms with van der Waals surface area (Å²) in [5, 5.41) is 19.1. The zero-order chi connectivity index (χ0) is 58.2. The maximum absolute atomic E-state index is 15.1. The molecular formula is C59H62Cl2FN11O9. The first-order valence-corrected chi connectivity index (χ1v) is 27.5. The van der Waals surface area contributed by atoms with Crippen molar-refractivity contribution in [2.75, 3.05) is 79.0 Å². The minimum absolute atomic E-state index is 0.00678. The van der Waals surface area contributed by atoms with Crippen LogP contribution in [0.15, 0.2) is 102 Å². The fourth-order valence-corrected chi connectivity index (χ4v) is 10.3. The number of nitrogens with zero attached hydrogens (tertiary/aromatic N) is 9. The molecule has 4 aromatic carbocycles. The highest BCUT2D eigenvalue weighted by Gasteiger charge is 2.46. The predicted octanol–water partition coefficient (Wildman–Crippen LogP) is 8.41. The molecule has 0 saturated carbocycles. The molecule has 0 spiro atoms. The molecule has 3 aliphatic heterocycles. The van der Waals surface area contributed by atoms with Crippen LogP contribution in [0, 0.1) is 17.1 Å². The fourth-order valence-electron chi connectivity index (χ4n) is 10.0. The number of amides is 5. The summed E-state index contributed by atoms with van der Waals surface area (Å²) in [4.78, 5) is 71.4. The number of fused-ring (bicyclic) bond motifs is 5. The van der Waals surface area contributed by atoms with Gasteiger partial charge in [0, 0.05) is 84.2 Å². The summed E-state index contributed by atoms with van der Waals surface area (Å²) in [6, 6.07) is 26.1. The van der Waals surface area contributed by atoms with Crippen molar-refractivity contribution < 1.29 is 47.3 Å². The second-order valence-electron chi connectivity index (χ2n) is 20.0. The number of hydrogen-bond acceptors (Lipinski definition) is 14. The zero-order valence-corrected chi connectivity index (χ0v) is 47.5. The van der Waals surface area contributed by atoms with Gasteiger partial charge in [0.15, 0.2) is 11.6 Å². The summed E-state index contributed by atoms with van der Waals surface area (Å²) in [7, 11) is 3.15. The Morgan fingerprint density at radius 1 is 0.902 bits per heavy atom. The van der Waals surface area contributed by atoms with Crippen LogP contribution in [-0.4, -0.2) is 143 Å². The second kappa shape index (κ2) is 26.1. The van der Waals surface area contributed by atoms with Crippen molar-refractivity contribution in [3.05, 3.63) is 152 Å². The lowest BCUT2D eigenvalue weighted by atomic mass is 9.93. The summed E-state index contributed by atoms with van der Waals surface area (Å²) < 4.78 is 45.4. The van der Waals surface area contributed by atoms with Crippen molar-refractivity contribution >= 4 is 58.6 Å². The standard InChI is InChI=1S/C59H62Cl2FN11O9/c1-35(2)81-49-30-43(78-5)15-17-45(49)57-67-54(37-6-10-40(60)11-7-37)55(38-8-12-41(61)13-9-38)73(57)59(77)71-22-21-70(52(75)34-71)23-25-80-27-26-79-24-18-51(74)65-19-20-72-48(31-63)53-39-28-50(56(64)66-32-39)82-36(3)46-29-42(62)14-16-44(46)58(76)69(4)33-47(53)68-72/h6-17,28-30,32,35-36,54-55H,18-27,33-34H2,1-5H3,(H2,64,66)(H,65,74)/t36-,54-,55+/m1/s1. The molecule has 0 radical (unpaired) electrons. The Balaban J connectivity index is 0.761. The van der Waals surface area contributed by atoms with Crippen LogP contribution in [-0.2, 0) is 32.2 Å². The van der Waals surface area contributed by atoms with E-state index < -0.39 is 35.9 Å². The topological polar surface area (TPSA) is 232 Å². The molecule has 1 fully saturated rings. The second-order valence-corrected chi connectivity index (χ2v) is 20.9. The third-order valence-electron chi connectivity index (χ3n) is 14.1. The van der Waals surface area contributed by atoms with Gasteiger partial charge in [-0.25, -0.2) is 14.2 Å². The highest BCUT2D eigenvalue weighted by molar-refractivity contribution is 6.30. The number of anilines is 1. The van der Waals surface area contributed by atoms with Gasteiger partial charge in [-0.1, -0.05) is 47.5 Å². The van der Waals surface area contributed by atoms with E-state index >= 15 is 4.79 Å². The number of nitrogen functional groups attached to an aromatic ring is 1. The van der Waals surface area contributed by atoms with Crippen LogP contribution in [0.2, 0.25) is 10.0 Å². The molecule has 9 rings (SSSR count). The van der Waals surface area contributed by atoms with Gasteiger partial charge in [0.25, 0.3) is 5.91 Å². The van der Waals surface area contributed by atoms with Crippen molar-refractivity contribution in [1.82, 2.24) is 39.7 Å². The number of carbonyl (C=O) groups excluding carboxylic acids is 4. The number of aliphatic imine (C=N–C) groups is 1. The number of carbonyl (C=O) groups is 4. The SMILES string of the molecule is COc1ccc(C2=N[C@H](c3ccc(Cl)cc3)[C@H](c3ccc(Cl)cc3)N2C(=O)N2CCN(CCOCCOCCC(=O)NCCn3nc4c(c3C#N)-c3cnc(N)c(c3)O[C@H](C)c3cc(F)ccc3C(=O)N(C)C4)C(=O)C2)c(OC(C)C)c1. The first kappa shape index (κ1) is 58.4. The average molecular weight is 1160 g/mol. The molecule has 23 heteroatoms. The number of rotatable bonds is 18. The van der Waals surface area contributed by atoms with Gasteiger partial charge < -0.3 is 49.4 Å². The molecule has 0 aliphatic carbocycles. The average Bonchev–Trinajstić information content (AvgIpc) is 4.10. The third kappa shape index (κ3) is 13.2. The van der Waals surface area contributed by atoms with Crippen LogP contribution >= 0.6 is 23.2 Å². The van der Waals surface area contributed by atoms with Gasteiger partial charge in [0.2, 0.25) is 11.8 Å². The number of nitrogens with two attached hydrogens (primary N) is 1. The number of benzene rings is 4. The van der Waals surface area contributed by atoms with Crippen LogP contribution in [0.1, 0.15) is 89.4 Å². The van der Waals surface area contributed by atoms with Crippen molar-refractivity contribution in [3.8, 4) is 34.4 Å². The number of ether oxygens (including phenoxy) is 5. The monoisotopic (exact) mass is 1160 g/mol. The maximum Gasteiger partial charge on any atom is 0.326 e. The number of methoxy groups -OCH3 is 1. The van der Waals surface area contributed by atoms with Gasteiger partial charge in [-0.2, -0.15) is 10.4 Å². The van der Waals surface area contributed by atoms with Gasteiger partial charge in [-0.3, -0.25) is 29.0 Å². The van der Waals surface area contributed by atoms with Crippen LogP contribution in [0.5, 0.6) is 17.2 Å². The molecule has 3 atom stereocenters. The molecule has 1 saturated heterocycles. The number of halogens is 3. The van der Waals surface area contributed by atoms with Gasteiger partial charge in [0.05, 0.1) is 70.0 Å². The van der Waals surface area contributed by atoms with E-state index in [2.05, 4.69) is 16.4 Å². The van der Waals surface area contributed by atoms with E-state index in [0.717, 1.165) is 11.1 Å². The summed E-state index contributed by atoms with van der Waals surface area (Å²) in [5.74, 6) is 0.181. The lowest BCUT2D eigenvalue weighted by Crippen LogP contribution is -2.56. The summed E-state index contributed by atoms with van der Waals surface area (Å²) >= 11 is 12.7. The first-order chi connectivity index (χ1) is 39.5. The van der Waals surface area contributed by atoms with Crippen molar-refractivity contribution in [1.29, 1.82) is 5.26 Å². The van der Waals surface area contributed by atoms with Crippen molar-refractivity contribution in [2.24, 2.45) is 4.99 Å². The van der Waals surface area contributed by atoms with Crippen LogP contribution < -0.4 is 25.3 Å². The number of piperazine rings is 1. The quantitative estimate of drug-likeness (QED) is 0.0771. The third-order valence-corrected chi connectivity index (χ3v) is 14.6. The molecule has 5 heterocycles. The molecular weight excluding hydrogens is 1100 g/mol. The lowest BCUT2D eigenvalue weighted by Gasteiger charge is -2.38. The molecule has 3 N–H and O–H groups in total. The Bertz CT molecular complexity index is 3410. The highest BCUT2D eigenvalue weighted by atomic mass is 35.5. The number of nitrogens with one attached hydrogen (secondary N) is 1. The van der Waals surface area contributed by atoms with Crippen LogP contribution in [0.3, 0.4) is 0 Å². The van der Waals surface area contributed by atoms with E-state index in [4.69, 9.17) is 62.7 Å². The minimum atomic E-state index is -0.782. The summed E-state index contributed by atoms with van der Waals surface area (Å²) in [6.07, 6.45) is 0.543. The van der Waals surface area contributed by atoms with Gasteiger partial charge >= 0.3 is 6.03 Å². The number of pyridine rings is 1. The Morgan fingerprint density at radius 2 is 1.61 bits per heavy atom. The van der Waals surface area contributed by atoms with Crippen LogP contribution in [0.25, 0.3) is 11.1 Å². The Kier molecular flexibility index (Phi) is 18.6. The first-order valence-electron chi connectivity index (χ1n) is 26.7. The summed E-state index contributed by atoms with van der Waals surface area (Å²) in [5.41, 5.74) is 10.4. The minimum Gasteiger partial charge on any atom is -0.497 e. The van der Waals surface area contributed by atoms with Crippen LogP contribution in [0.4, 0.5) is 15.0 Å². The normalized spacial score (nSPS) is 17.1. The number of aromatic nitrogens is 3. The van der Waals surface area contributed by atoms with Gasteiger partial charge in [-0.15, -0.1) is 0 Å². The van der Waals surface area contributed by atoms with E-state index in [9.17, 15) is 24.0 Å². The molecule has 20 nitrogen and oxygen atoms in total. The molecule has 6 aromatic rings. The molecule has 3 aliphatic rings. The Morgan fingerprint density at radius 3 is 2.30 bits per heavy atom. The van der Waals surface area contributed by atoms with E-state index in [0.29, 0.717) is 55.3 Å². The van der Waals surface area contributed by atoms with E-state index in [1.807, 2.05) is 44.2 Å². The summed E-state index contributed by atoms with van der Waals surface area (Å²) in [6.45, 7) is 7.11. The zero-order valence-electron chi connectivity index (χ0n) is 45.9. The van der Waals surface area contributed by atoms with Crippen molar-refractivity contribution in [2.45, 2.75) is 64.6 Å². The number of urea groups is 1. The lowest BCUT2D eigenvalue weighted by molar-refractivity contribution is -0.135. The largest absolute Gasteiger partial charge is 0.497 e. The Hall–Kier alpha value is -8.29. The smallest absolute Gasteiger partial charge is 0.326 e. The number of hydrogen-bond donors (Lipinski definition) is 2. The molecule has 82 heavy (non-hydrogen) atoms. The predicted molar refractivity (Wildman–Crippen MR) is 304 cm³/mol. The fraction of sp³-hybridized carbons (Fsp3) is 0.356.